The standard InChI is InChI=1S/C10H15NOS.ClH/c11-10(9-3-6-13-7-9)8-1-4-12-5-2-8;/h3,6-8,10H,1-2,4-5,11H2;1H/t10-;/m0./s1. The van der Waals surface area contributed by atoms with E-state index in [9.17, 15) is 0 Å². The molecule has 1 aromatic rings. The van der Waals surface area contributed by atoms with E-state index in [-0.39, 0.29) is 18.4 Å². The molecule has 2 rings (SSSR count). The van der Waals surface area contributed by atoms with Gasteiger partial charge in [-0.1, -0.05) is 0 Å². The van der Waals surface area contributed by atoms with E-state index >= 15 is 0 Å². The summed E-state index contributed by atoms with van der Waals surface area (Å²) in [5.41, 5.74) is 7.45. The van der Waals surface area contributed by atoms with Crippen molar-refractivity contribution in [2.75, 3.05) is 13.2 Å². The number of rotatable bonds is 2. The second-order valence-electron chi connectivity index (χ2n) is 3.53. The molecule has 1 fully saturated rings. The molecule has 2 N–H and O–H groups in total. The molecule has 2 heterocycles. The van der Waals surface area contributed by atoms with Gasteiger partial charge in [-0.05, 0) is 41.1 Å². The van der Waals surface area contributed by atoms with Crippen molar-refractivity contribution in [3.8, 4) is 0 Å². The maximum absolute atomic E-state index is 6.17. The smallest absolute Gasteiger partial charge is 0.0469 e. The topological polar surface area (TPSA) is 35.2 Å². The van der Waals surface area contributed by atoms with E-state index in [0.29, 0.717) is 5.92 Å². The van der Waals surface area contributed by atoms with Gasteiger partial charge in [0.25, 0.3) is 0 Å². The number of ether oxygens (including phenoxy) is 1. The summed E-state index contributed by atoms with van der Waals surface area (Å²) in [5, 5.41) is 4.24. The van der Waals surface area contributed by atoms with Crippen LogP contribution >= 0.6 is 23.7 Å². The summed E-state index contributed by atoms with van der Waals surface area (Å²) in [6.45, 7) is 1.75. The number of halogens is 1. The summed E-state index contributed by atoms with van der Waals surface area (Å²) in [4.78, 5) is 0. The first kappa shape index (κ1) is 12.0. The van der Waals surface area contributed by atoms with Gasteiger partial charge in [-0.25, -0.2) is 0 Å². The van der Waals surface area contributed by atoms with Crippen molar-refractivity contribution in [2.45, 2.75) is 18.9 Å². The van der Waals surface area contributed by atoms with Crippen LogP contribution in [0.1, 0.15) is 24.4 Å². The lowest BCUT2D eigenvalue weighted by molar-refractivity contribution is 0.0584. The Kier molecular flexibility index (Phi) is 4.89. The van der Waals surface area contributed by atoms with Gasteiger partial charge in [0.2, 0.25) is 0 Å². The Morgan fingerprint density at radius 3 is 2.71 bits per heavy atom. The molecule has 0 amide bonds. The lowest BCUT2D eigenvalue weighted by Gasteiger charge is -2.27. The first-order valence-corrected chi connectivity index (χ1v) is 5.67. The molecule has 0 radical (unpaired) electrons. The zero-order chi connectivity index (χ0) is 9.10. The van der Waals surface area contributed by atoms with Gasteiger partial charge < -0.3 is 10.5 Å². The van der Waals surface area contributed by atoms with Crippen LogP contribution in [-0.2, 0) is 4.74 Å². The molecule has 14 heavy (non-hydrogen) atoms. The van der Waals surface area contributed by atoms with E-state index in [1.165, 1.54) is 5.56 Å². The van der Waals surface area contributed by atoms with Crippen molar-refractivity contribution in [1.82, 2.24) is 0 Å². The minimum absolute atomic E-state index is 0. The Balaban J connectivity index is 0.000000980. The summed E-state index contributed by atoms with van der Waals surface area (Å²) in [7, 11) is 0. The molecule has 0 aromatic carbocycles. The molecule has 0 unspecified atom stereocenters. The average molecular weight is 234 g/mol. The van der Waals surface area contributed by atoms with Crippen LogP contribution in [0.15, 0.2) is 16.8 Å². The molecule has 0 bridgehead atoms. The van der Waals surface area contributed by atoms with E-state index < -0.39 is 0 Å². The first-order valence-electron chi connectivity index (χ1n) is 4.73. The molecular formula is C10H16ClNOS. The lowest BCUT2D eigenvalue weighted by atomic mass is 9.89. The van der Waals surface area contributed by atoms with E-state index in [1.807, 2.05) is 0 Å². The predicted molar refractivity (Wildman–Crippen MR) is 62.0 cm³/mol. The molecule has 0 saturated carbocycles. The third kappa shape index (κ3) is 2.70. The van der Waals surface area contributed by atoms with Gasteiger partial charge in [0.15, 0.2) is 0 Å². The van der Waals surface area contributed by atoms with Crippen LogP contribution in [0.3, 0.4) is 0 Å². The molecule has 80 valence electrons. The number of hydrogen-bond donors (Lipinski definition) is 1. The lowest BCUT2D eigenvalue weighted by Crippen LogP contribution is -2.27. The summed E-state index contributed by atoms with van der Waals surface area (Å²) < 4.78 is 5.31. The average Bonchev–Trinajstić information content (AvgIpc) is 2.71. The largest absolute Gasteiger partial charge is 0.381 e. The van der Waals surface area contributed by atoms with Crippen LogP contribution in [0.4, 0.5) is 0 Å². The summed E-state index contributed by atoms with van der Waals surface area (Å²) >= 11 is 1.72. The highest BCUT2D eigenvalue weighted by atomic mass is 35.5. The normalized spacial score (nSPS) is 20.1. The first-order chi connectivity index (χ1) is 6.38. The van der Waals surface area contributed by atoms with Crippen LogP contribution in [0.25, 0.3) is 0 Å². The van der Waals surface area contributed by atoms with Crippen molar-refractivity contribution >= 4 is 23.7 Å². The van der Waals surface area contributed by atoms with Crippen LogP contribution in [0.2, 0.25) is 0 Å². The fourth-order valence-corrected chi connectivity index (χ4v) is 2.52. The van der Waals surface area contributed by atoms with Gasteiger partial charge in [0, 0.05) is 19.3 Å². The summed E-state index contributed by atoms with van der Waals surface area (Å²) in [6, 6.07) is 2.35. The highest BCUT2D eigenvalue weighted by Gasteiger charge is 2.22. The Labute approximate surface area is 94.9 Å². The molecule has 1 aliphatic rings. The quantitative estimate of drug-likeness (QED) is 0.852. The van der Waals surface area contributed by atoms with Gasteiger partial charge in [-0.3, -0.25) is 0 Å². The van der Waals surface area contributed by atoms with Crippen LogP contribution < -0.4 is 5.73 Å². The fraction of sp³-hybridized carbons (Fsp3) is 0.600. The van der Waals surface area contributed by atoms with Gasteiger partial charge in [0.1, 0.15) is 0 Å². The molecule has 0 aliphatic carbocycles. The molecular weight excluding hydrogens is 218 g/mol. The van der Waals surface area contributed by atoms with Crippen molar-refractivity contribution in [3.05, 3.63) is 22.4 Å². The monoisotopic (exact) mass is 233 g/mol. The number of hydrogen-bond acceptors (Lipinski definition) is 3. The predicted octanol–water partition coefficient (Wildman–Crippen LogP) is 2.60. The molecule has 1 saturated heterocycles. The third-order valence-corrected chi connectivity index (χ3v) is 3.40. The summed E-state index contributed by atoms with van der Waals surface area (Å²) in [5.74, 6) is 0.614. The highest BCUT2D eigenvalue weighted by Crippen LogP contribution is 2.28. The molecule has 1 aliphatic heterocycles. The molecule has 1 atom stereocenters. The third-order valence-electron chi connectivity index (χ3n) is 2.70. The molecule has 1 aromatic heterocycles. The highest BCUT2D eigenvalue weighted by molar-refractivity contribution is 7.07. The van der Waals surface area contributed by atoms with Crippen LogP contribution in [0, 0.1) is 5.92 Å². The second-order valence-corrected chi connectivity index (χ2v) is 4.31. The van der Waals surface area contributed by atoms with E-state index in [2.05, 4.69) is 16.8 Å². The number of nitrogens with two attached hydrogens (primary N) is 1. The minimum Gasteiger partial charge on any atom is -0.381 e. The van der Waals surface area contributed by atoms with Gasteiger partial charge >= 0.3 is 0 Å². The Bertz CT molecular complexity index is 247. The Morgan fingerprint density at radius 1 is 1.43 bits per heavy atom. The van der Waals surface area contributed by atoms with E-state index in [0.717, 1.165) is 26.1 Å². The van der Waals surface area contributed by atoms with Gasteiger partial charge in [0.05, 0.1) is 0 Å². The zero-order valence-corrected chi connectivity index (χ0v) is 9.65. The van der Waals surface area contributed by atoms with Crippen molar-refractivity contribution in [1.29, 1.82) is 0 Å². The zero-order valence-electron chi connectivity index (χ0n) is 8.02. The van der Waals surface area contributed by atoms with E-state index in [4.69, 9.17) is 10.5 Å². The van der Waals surface area contributed by atoms with E-state index in [1.54, 1.807) is 11.3 Å². The SMILES string of the molecule is Cl.N[C@H](c1ccsc1)C1CCOCC1. The molecule has 4 heteroatoms. The molecule has 0 spiro atoms. The van der Waals surface area contributed by atoms with Crippen molar-refractivity contribution in [2.24, 2.45) is 11.7 Å². The Morgan fingerprint density at radius 2 is 2.14 bits per heavy atom. The van der Waals surface area contributed by atoms with Crippen molar-refractivity contribution < 1.29 is 4.74 Å². The van der Waals surface area contributed by atoms with Crippen LogP contribution in [-0.4, -0.2) is 13.2 Å². The fourth-order valence-electron chi connectivity index (χ4n) is 1.81. The number of thiophene rings is 1. The maximum Gasteiger partial charge on any atom is 0.0469 e. The second kappa shape index (κ2) is 5.71. The maximum atomic E-state index is 6.17. The van der Waals surface area contributed by atoms with Gasteiger partial charge in [-0.2, -0.15) is 11.3 Å². The van der Waals surface area contributed by atoms with Gasteiger partial charge in [-0.15, -0.1) is 12.4 Å². The van der Waals surface area contributed by atoms with Crippen LogP contribution in [0.5, 0.6) is 0 Å². The van der Waals surface area contributed by atoms with Crippen molar-refractivity contribution in [3.63, 3.8) is 0 Å². The Hall–Kier alpha value is -0.0900. The summed E-state index contributed by atoms with van der Waals surface area (Å²) in [6.07, 6.45) is 2.22. The molecule has 2 nitrogen and oxygen atoms in total. The minimum atomic E-state index is 0.